The average molecular weight is 246 g/mol. The topological polar surface area (TPSA) is 83.8 Å². The minimum absolute atomic E-state index is 0.0578. The number of nitrogen functional groups attached to an aromatic ring is 1. The standard InChI is InChI=1S/C13H18N4O/c1-5-8(12(14)17-16-5)13(18)15-11-9-6-2-3-7(4-6)10(9)11/h6-7,9-11H,2-4H2,1H3,(H,15,18)(H3,14,16,17). The molecular weight excluding hydrogens is 228 g/mol. The van der Waals surface area contributed by atoms with Crippen LogP contribution in [-0.4, -0.2) is 22.1 Å². The Morgan fingerprint density at radius 2 is 2.06 bits per heavy atom. The molecule has 96 valence electrons. The number of carbonyl (C=O) groups excluding carboxylic acids is 1. The Labute approximate surface area is 106 Å². The van der Waals surface area contributed by atoms with Crippen LogP contribution in [0.4, 0.5) is 5.82 Å². The van der Waals surface area contributed by atoms with Crippen LogP contribution in [0.15, 0.2) is 0 Å². The summed E-state index contributed by atoms with van der Waals surface area (Å²) in [5.41, 5.74) is 6.99. The molecule has 4 atom stereocenters. The van der Waals surface area contributed by atoms with Crippen LogP contribution >= 0.6 is 0 Å². The van der Waals surface area contributed by atoms with Crippen LogP contribution in [0.1, 0.15) is 35.3 Å². The first kappa shape index (κ1) is 10.4. The molecular formula is C13H18N4O. The van der Waals surface area contributed by atoms with Crippen LogP contribution in [0, 0.1) is 30.6 Å². The highest BCUT2D eigenvalue weighted by Gasteiger charge is 2.65. The lowest BCUT2D eigenvalue weighted by atomic mass is 10.0. The summed E-state index contributed by atoms with van der Waals surface area (Å²) < 4.78 is 0. The molecule has 1 aromatic rings. The van der Waals surface area contributed by atoms with E-state index in [9.17, 15) is 4.79 Å². The lowest BCUT2D eigenvalue weighted by molar-refractivity contribution is 0.0944. The van der Waals surface area contributed by atoms with E-state index >= 15 is 0 Å². The van der Waals surface area contributed by atoms with Gasteiger partial charge in [0, 0.05) is 11.7 Å². The maximum Gasteiger partial charge on any atom is 0.257 e. The van der Waals surface area contributed by atoms with Gasteiger partial charge in [-0.3, -0.25) is 9.89 Å². The van der Waals surface area contributed by atoms with Crippen molar-refractivity contribution in [2.24, 2.45) is 23.7 Å². The number of anilines is 1. The zero-order chi connectivity index (χ0) is 12.4. The smallest absolute Gasteiger partial charge is 0.257 e. The van der Waals surface area contributed by atoms with E-state index in [-0.39, 0.29) is 5.91 Å². The summed E-state index contributed by atoms with van der Waals surface area (Å²) in [6.07, 6.45) is 4.13. The number of aryl methyl sites for hydroxylation is 1. The van der Waals surface area contributed by atoms with Crippen molar-refractivity contribution in [2.45, 2.75) is 32.2 Å². The Morgan fingerprint density at radius 3 is 2.61 bits per heavy atom. The molecule has 0 saturated heterocycles. The molecule has 3 saturated carbocycles. The van der Waals surface area contributed by atoms with E-state index in [1.165, 1.54) is 19.3 Å². The molecule has 3 aliphatic carbocycles. The zero-order valence-electron chi connectivity index (χ0n) is 10.4. The second-order valence-electron chi connectivity index (χ2n) is 6.10. The second kappa shape index (κ2) is 3.28. The normalized spacial score (nSPS) is 39.7. The number of nitrogens with two attached hydrogens (primary N) is 1. The third-order valence-corrected chi connectivity index (χ3v) is 5.24. The summed E-state index contributed by atoms with van der Waals surface area (Å²) >= 11 is 0. The number of hydrogen-bond acceptors (Lipinski definition) is 3. The molecule has 5 heteroatoms. The number of hydrogen-bond donors (Lipinski definition) is 3. The van der Waals surface area contributed by atoms with E-state index < -0.39 is 0 Å². The SMILES string of the molecule is Cc1[nH]nc(N)c1C(=O)NC1C2C3CCC(C3)C12. The van der Waals surface area contributed by atoms with Gasteiger partial charge in [0.1, 0.15) is 5.56 Å². The van der Waals surface area contributed by atoms with Gasteiger partial charge in [-0.1, -0.05) is 0 Å². The lowest BCUT2D eigenvalue weighted by Gasteiger charge is -2.10. The minimum atomic E-state index is -0.0578. The first-order chi connectivity index (χ1) is 8.66. The van der Waals surface area contributed by atoms with Crippen LogP contribution in [-0.2, 0) is 0 Å². The molecule has 4 unspecified atom stereocenters. The molecule has 1 aromatic heterocycles. The van der Waals surface area contributed by atoms with Gasteiger partial charge in [0.25, 0.3) is 5.91 Å². The highest BCUT2D eigenvalue weighted by molar-refractivity contribution is 5.99. The van der Waals surface area contributed by atoms with Gasteiger partial charge in [-0.2, -0.15) is 5.10 Å². The summed E-state index contributed by atoms with van der Waals surface area (Å²) in [6, 6.07) is 0.400. The number of nitrogens with zero attached hydrogens (tertiary/aromatic N) is 1. The summed E-state index contributed by atoms with van der Waals surface area (Å²) in [5.74, 6) is 3.49. The number of fused-ring (bicyclic) bond motifs is 5. The van der Waals surface area contributed by atoms with Crippen molar-refractivity contribution in [1.29, 1.82) is 0 Å². The molecule has 3 fully saturated rings. The number of H-pyrrole nitrogens is 1. The number of aromatic amines is 1. The van der Waals surface area contributed by atoms with Crippen molar-refractivity contribution in [3.05, 3.63) is 11.3 Å². The van der Waals surface area contributed by atoms with Gasteiger partial charge in [0.2, 0.25) is 0 Å². The van der Waals surface area contributed by atoms with Gasteiger partial charge < -0.3 is 11.1 Å². The van der Waals surface area contributed by atoms with Crippen LogP contribution in [0.25, 0.3) is 0 Å². The molecule has 0 radical (unpaired) electrons. The largest absolute Gasteiger partial charge is 0.382 e. The van der Waals surface area contributed by atoms with Gasteiger partial charge in [-0.05, 0) is 49.9 Å². The quantitative estimate of drug-likeness (QED) is 0.730. The Hall–Kier alpha value is -1.52. The monoisotopic (exact) mass is 246 g/mol. The summed E-state index contributed by atoms with van der Waals surface area (Å²) in [6.45, 7) is 1.83. The molecule has 5 nitrogen and oxygen atoms in total. The number of carbonyl (C=O) groups is 1. The van der Waals surface area contributed by atoms with Crippen molar-refractivity contribution in [1.82, 2.24) is 15.5 Å². The maximum absolute atomic E-state index is 12.2. The fourth-order valence-corrected chi connectivity index (χ4v) is 4.48. The molecule has 2 bridgehead atoms. The fraction of sp³-hybridized carbons (Fsp3) is 0.692. The third kappa shape index (κ3) is 1.22. The Bertz CT molecular complexity index is 488. The highest BCUT2D eigenvalue weighted by atomic mass is 16.1. The van der Waals surface area contributed by atoms with Crippen LogP contribution in [0.5, 0.6) is 0 Å². The zero-order valence-corrected chi connectivity index (χ0v) is 10.4. The first-order valence-corrected chi connectivity index (χ1v) is 6.78. The minimum Gasteiger partial charge on any atom is -0.382 e. The number of nitrogens with one attached hydrogen (secondary N) is 2. The van der Waals surface area contributed by atoms with Crippen LogP contribution < -0.4 is 11.1 Å². The predicted molar refractivity (Wildman–Crippen MR) is 66.8 cm³/mol. The average Bonchev–Trinajstić information content (AvgIpc) is 2.70. The molecule has 0 aromatic carbocycles. The first-order valence-electron chi connectivity index (χ1n) is 6.78. The Kier molecular flexibility index (Phi) is 1.89. The fourth-order valence-electron chi connectivity index (χ4n) is 4.48. The number of aromatic nitrogens is 2. The summed E-state index contributed by atoms with van der Waals surface area (Å²) in [4.78, 5) is 12.2. The van der Waals surface area contributed by atoms with Gasteiger partial charge >= 0.3 is 0 Å². The third-order valence-electron chi connectivity index (χ3n) is 5.24. The molecule has 1 heterocycles. The Balaban J connectivity index is 1.49. The van der Waals surface area contributed by atoms with Crippen LogP contribution in [0.3, 0.4) is 0 Å². The molecule has 4 N–H and O–H groups in total. The van der Waals surface area contributed by atoms with E-state index in [1.807, 2.05) is 6.92 Å². The molecule has 0 spiro atoms. The summed E-state index contributed by atoms with van der Waals surface area (Å²) in [7, 11) is 0. The second-order valence-corrected chi connectivity index (χ2v) is 6.10. The van der Waals surface area contributed by atoms with Crippen LogP contribution in [0.2, 0.25) is 0 Å². The Morgan fingerprint density at radius 1 is 1.39 bits per heavy atom. The van der Waals surface area contributed by atoms with Crippen molar-refractivity contribution in [3.8, 4) is 0 Å². The molecule has 4 rings (SSSR count). The van der Waals surface area contributed by atoms with Gasteiger partial charge in [-0.25, -0.2) is 0 Å². The molecule has 0 aliphatic heterocycles. The van der Waals surface area contributed by atoms with Crippen molar-refractivity contribution >= 4 is 11.7 Å². The van der Waals surface area contributed by atoms with E-state index in [0.29, 0.717) is 17.4 Å². The van der Waals surface area contributed by atoms with E-state index in [4.69, 9.17) is 5.73 Å². The molecule has 3 aliphatic rings. The highest BCUT2D eigenvalue weighted by Crippen LogP contribution is 2.65. The predicted octanol–water partition coefficient (Wildman–Crippen LogP) is 1.07. The summed E-state index contributed by atoms with van der Waals surface area (Å²) in [5, 5.41) is 9.79. The van der Waals surface area contributed by atoms with E-state index in [1.54, 1.807) is 0 Å². The van der Waals surface area contributed by atoms with Crippen molar-refractivity contribution in [3.63, 3.8) is 0 Å². The van der Waals surface area contributed by atoms with Crippen molar-refractivity contribution in [2.75, 3.05) is 5.73 Å². The van der Waals surface area contributed by atoms with Crippen molar-refractivity contribution < 1.29 is 4.79 Å². The number of rotatable bonds is 2. The lowest BCUT2D eigenvalue weighted by Crippen LogP contribution is -2.30. The van der Waals surface area contributed by atoms with Gasteiger partial charge in [-0.15, -0.1) is 0 Å². The van der Waals surface area contributed by atoms with E-state index in [2.05, 4.69) is 15.5 Å². The maximum atomic E-state index is 12.2. The van der Waals surface area contributed by atoms with E-state index in [0.717, 1.165) is 29.4 Å². The van der Waals surface area contributed by atoms with Gasteiger partial charge in [0.15, 0.2) is 5.82 Å². The number of amides is 1. The van der Waals surface area contributed by atoms with Gasteiger partial charge in [0.05, 0.1) is 0 Å². The molecule has 18 heavy (non-hydrogen) atoms. The molecule has 1 amide bonds.